The molecule has 0 unspecified atom stereocenters. The van der Waals surface area contributed by atoms with Gasteiger partial charge in [0.2, 0.25) is 0 Å². The van der Waals surface area contributed by atoms with Gasteiger partial charge >= 0.3 is 0 Å². The molecule has 2 aromatic carbocycles. The van der Waals surface area contributed by atoms with Crippen molar-refractivity contribution in [2.24, 2.45) is 0 Å². The summed E-state index contributed by atoms with van der Waals surface area (Å²) < 4.78 is 20.6. The molecular weight excluding hydrogens is 309 g/mol. The van der Waals surface area contributed by atoms with Crippen LogP contribution in [-0.2, 0) is 11.3 Å². The van der Waals surface area contributed by atoms with E-state index < -0.39 is 5.82 Å². The lowest BCUT2D eigenvalue weighted by atomic mass is 10.3. The minimum atomic E-state index is -0.481. The van der Waals surface area contributed by atoms with Crippen molar-refractivity contribution >= 4 is 16.9 Å². The van der Waals surface area contributed by atoms with E-state index in [1.165, 1.54) is 12.1 Å². The Balaban J connectivity index is 1.51. The number of aryl methyl sites for hydroxylation is 1. The second-order valence-electron chi connectivity index (χ2n) is 5.37. The van der Waals surface area contributed by atoms with E-state index in [4.69, 9.17) is 4.74 Å². The fraction of sp³-hybridized carbons (Fsp3) is 0.222. The predicted octanol–water partition coefficient (Wildman–Crippen LogP) is 2.68. The molecule has 6 heteroatoms. The fourth-order valence-electron chi connectivity index (χ4n) is 2.54. The standard InChI is InChI=1S/C18H18FN3O2/c1-13-21-15-7-3-4-8-16(15)22(13)11-10-20-18(23)12-24-17-9-5-2-6-14(17)19/h2-9H,10-12H2,1H3,(H,20,23). The number of halogens is 1. The Hall–Kier alpha value is -2.89. The number of aromatic nitrogens is 2. The van der Waals surface area contributed by atoms with E-state index in [1.54, 1.807) is 12.1 Å². The number of rotatable bonds is 6. The first-order chi connectivity index (χ1) is 11.6. The SMILES string of the molecule is Cc1nc2ccccc2n1CCNC(=O)COc1ccccc1F. The fourth-order valence-corrected chi connectivity index (χ4v) is 2.54. The van der Waals surface area contributed by atoms with Crippen molar-refractivity contribution in [2.45, 2.75) is 13.5 Å². The van der Waals surface area contributed by atoms with Crippen LogP contribution in [0.25, 0.3) is 11.0 Å². The molecule has 0 saturated heterocycles. The van der Waals surface area contributed by atoms with Gasteiger partial charge in [0, 0.05) is 13.1 Å². The molecule has 1 aromatic heterocycles. The quantitative estimate of drug-likeness (QED) is 0.757. The summed E-state index contributed by atoms with van der Waals surface area (Å²) in [7, 11) is 0. The maximum atomic E-state index is 13.4. The number of benzene rings is 2. The summed E-state index contributed by atoms with van der Waals surface area (Å²) in [4.78, 5) is 16.3. The van der Waals surface area contributed by atoms with Gasteiger partial charge in [0.15, 0.2) is 18.2 Å². The number of nitrogens with zero attached hydrogens (tertiary/aromatic N) is 2. The van der Waals surface area contributed by atoms with Gasteiger partial charge in [0.25, 0.3) is 5.91 Å². The molecule has 1 amide bonds. The monoisotopic (exact) mass is 327 g/mol. The summed E-state index contributed by atoms with van der Waals surface area (Å²) in [6.07, 6.45) is 0. The van der Waals surface area contributed by atoms with Crippen molar-refractivity contribution < 1.29 is 13.9 Å². The van der Waals surface area contributed by atoms with Crippen molar-refractivity contribution in [1.29, 1.82) is 0 Å². The first-order valence-corrected chi connectivity index (χ1v) is 7.71. The van der Waals surface area contributed by atoms with Crippen molar-refractivity contribution in [2.75, 3.05) is 13.2 Å². The molecule has 3 rings (SSSR count). The van der Waals surface area contributed by atoms with Gasteiger partial charge in [-0.1, -0.05) is 24.3 Å². The summed E-state index contributed by atoms with van der Waals surface area (Å²) >= 11 is 0. The topological polar surface area (TPSA) is 56.2 Å². The zero-order valence-corrected chi connectivity index (χ0v) is 13.3. The van der Waals surface area contributed by atoms with Gasteiger partial charge in [0.1, 0.15) is 5.82 Å². The highest BCUT2D eigenvalue weighted by molar-refractivity contribution is 5.78. The zero-order valence-electron chi connectivity index (χ0n) is 13.3. The number of carbonyl (C=O) groups excluding carboxylic acids is 1. The number of hydrogen-bond acceptors (Lipinski definition) is 3. The van der Waals surface area contributed by atoms with Gasteiger partial charge in [-0.3, -0.25) is 4.79 Å². The van der Waals surface area contributed by atoms with E-state index in [1.807, 2.05) is 35.8 Å². The Morgan fingerprint density at radius 2 is 1.96 bits per heavy atom. The smallest absolute Gasteiger partial charge is 0.258 e. The number of hydrogen-bond donors (Lipinski definition) is 1. The average molecular weight is 327 g/mol. The van der Waals surface area contributed by atoms with Crippen molar-refractivity contribution in [3.63, 3.8) is 0 Å². The third-order valence-electron chi connectivity index (χ3n) is 3.70. The number of ether oxygens (including phenoxy) is 1. The Kier molecular flexibility index (Phi) is 4.74. The first kappa shape index (κ1) is 16.0. The van der Waals surface area contributed by atoms with E-state index in [9.17, 15) is 9.18 Å². The highest BCUT2D eigenvalue weighted by Crippen LogP contribution is 2.15. The Morgan fingerprint density at radius 1 is 1.21 bits per heavy atom. The number of para-hydroxylation sites is 3. The van der Waals surface area contributed by atoms with Crippen molar-refractivity contribution in [3.05, 3.63) is 60.2 Å². The highest BCUT2D eigenvalue weighted by Gasteiger charge is 2.08. The lowest BCUT2D eigenvalue weighted by Gasteiger charge is -2.10. The number of carbonyl (C=O) groups is 1. The van der Waals surface area contributed by atoms with Gasteiger partial charge in [-0.25, -0.2) is 9.37 Å². The van der Waals surface area contributed by atoms with E-state index in [0.29, 0.717) is 13.1 Å². The number of imidazole rings is 1. The Labute approximate surface area is 139 Å². The molecule has 24 heavy (non-hydrogen) atoms. The van der Waals surface area contributed by atoms with Crippen LogP contribution < -0.4 is 10.1 Å². The van der Waals surface area contributed by atoms with Crippen molar-refractivity contribution in [1.82, 2.24) is 14.9 Å². The predicted molar refractivity (Wildman–Crippen MR) is 89.4 cm³/mol. The van der Waals surface area contributed by atoms with Crippen LogP contribution in [0.15, 0.2) is 48.5 Å². The van der Waals surface area contributed by atoms with Gasteiger partial charge < -0.3 is 14.6 Å². The third-order valence-corrected chi connectivity index (χ3v) is 3.70. The molecule has 0 aliphatic heterocycles. The average Bonchev–Trinajstić information content (AvgIpc) is 2.90. The van der Waals surface area contributed by atoms with Crippen LogP contribution in [0.3, 0.4) is 0 Å². The lowest BCUT2D eigenvalue weighted by Crippen LogP contribution is -2.31. The molecular formula is C18H18FN3O2. The number of fused-ring (bicyclic) bond motifs is 1. The molecule has 124 valence electrons. The molecule has 0 aliphatic carbocycles. The van der Waals surface area contributed by atoms with E-state index in [-0.39, 0.29) is 18.3 Å². The minimum absolute atomic E-state index is 0.0732. The second-order valence-corrected chi connectivity index (χ2v) is 5.37. The highest BCUT2D eigenvalue weighted by atomic mass is 19.1. The van der Waals surface area contributed by atoms with Crippen LogP contribution in [0.4, 0.5) is 4.39 Å². The summed E-state index contributed by atoms with van der Waals surface area (Å²) in [5.74, 6) is 0.197. The summed E-state index contributed by atoms with van der Waals surface area (Å²) in [5.41, 5.74) is 1.97. The molecule has 0 spiro atoms. The van der Waals surface area contributed by atoms with Crippen molar-refractivity contribution in [3.8, 4) is 5.75 Å². The van der Waals surface area contributed by atoms with Crippen LogP contribution in [0.2, 0.25) is 0 Å². The van der Waals surface area contributed by atoms with E-state index >= 15 is 0 Å². The zero-order chi connectivity index (χ0) is 16.9. The second kappa shape index (κ2) is 7.12. The molecule has 1 N–H and O–H groups in total. The third kappa shape index (κ3) is 3.53. The number of amides is 1. The summed E-state index contributed by atoms with van der Waals surface area (Å²) in [5, 5.41) is 2.77. The molecule has 0 bridgehead atoms. The van der Waals surface area contributed by atoms with Gasteiger partial charge in [-0.2, -0.15) is 0 Å². The molecule has 5 nitrogen and oxygen atoms in total. The van der Waals surface area contributed by atoms with Crippen LogP contribution in [-0.4, -0.2) is 28.6 Å². The van der Waals surface area contributed by atoms with Gasteiger partial charge in [-0.15, -0.1) is 0 Å². The summed E-state index contributed by atoms with van der Waals surface area (Å²) in [6.45, 7) is 2.77. The molecule has 3 aromatic rings. The Morgan fingerprint density at radius 3 is 2.79 bits per heavy atom. The maximum Gasteiger partial charge on any atom is 0.258 e. The van der Waals surface area contributed by atoms with Crippen LogP contribution in [0.5, 0.6) is 5.75 Å². The molecule has 0 radical (unpaired) electrons. The minimum Gasteiger partial charge on any atom is -0.481 e. The molecule has 0 fully saturated rings. The largest absolute Gasteiger partial charge is 0.481 e. The van der Waals surface area contributed by atoms with Gasteiger partial charge in [-0.05, 0) is 31.2 Å². The van der Waals surface area contributed by atoms with Crippen LogP contribution >= 0.6 is 0 Å². The lowest BCUT2D eigenvalue weighted by molar-refractivity contribution is -0.123. The first-order valence-electron chi connectivity index (χ1n) is 7.71. The molecule has 0 saturated carbocycles. The van der Waals surface area contributed by atoms with Crippen LogP contribution in [0, 0.1) is 12.7 Å². The van der Waals surface area contributed by atoms with Crippen LogP contribution in [0.1, 0.15) is 5.82 Å². The van der Waals surface area contributed by atoms with E-state index in [2.05, 4.69) is 10.3 Å². The maximum absolute atomic E-state index is 13.4. The van der Waals surface area contributed by atoms with Gasteiger partial charge in [0.05, 0.1) is 11.0 Å². The Bertz CT molecular complexity index is 860. The molecule has 0 aliphatic rings. The van der Waals surface area contributed by atoms with E-state index in [0.717, 1.165) is 16.9 Å². The normalized spacial score (nSPS) is 10.8. The number of nitrogens with one attached hydrogen (secondary N) is 1. The summed E-state index contributed by atoms with van der Waals surface area (Å²) in [6, 6.07) is 13.9. The molecule has 0 atom stereocenters. The molecule has 1 heterocycles.